The van der Waals surface area contributed by atoms with Gasteiger partial charge in [0.1, 0.15) is 5.75 Å². The van der Waals surface area contributed by atoms with Crippen LogP contribution in [-0.4, -0.2) is 20.2 Å². The monoisotopic (exact) mass is 285 g/mol. The summed E-state index contributed by atoms with van der Waals surface area (Å²) in [7, 11) is 3.04. The van der Waals surface area contributed by atoms with Gasteiger partial charge in [0.05, 0.1) is 19.8 Å². The van der Waals surface area contributed by atoms with Crippen molar-refractivity contribution >= 4 is 11.7 Å². The molecule has 0 atom stereocenters. The Labute approximate surface area is 124 Å². The first-order valence-corrected chi connectivity index (χ1v) is 6.70. The van der Waals surface area contributed by atoms with Gasteiger partial charge in [-0.1, -0.05) is 12.1 Å². The van der Waals surface area contributed by atoms with Crippen LogP contribution in [0.5, 0.6) is 5.75 Å². The zero-order valence-corrected chi connectivity index (χ0v) is 12.5. The molecule has 0 aliphatic carbocycles. The van der Waals surface area contributed by atoms with Crippen LogP contribution in [0, 0.1) is 6.92 Å². The van der Waals surface area contributed by atoms with E-state index in [1.54, 1.807) is 19.2 Å². The highest BCUT2D eigenvalue weighted by atomic mass is 16.5. The molecule has 1 N–H and O–H groups in total. The van der Waals surface area contributed by atoms with Crippen molar-refractivity contribution in [2.75, 3.05) is 19.5 Å². The van der Waals surface area contributed by atoms with Gasteiger partial charge in [0.25, 0.3) is 0 Å². The molecule has 2 aromatic carbocycles. The van der Waals surface area contributed by atoms with Crippen molar-refractivity contribution in [1.82, 2.24) is 0 Å². The first-order chi connectivity index (χ1) is 10.1. The van der Waals surface area contributed by atoms with E-state index in [0.717, 1.165) is 22.6 Å². The number of hydrogen-bond donors (Lipinski definition) is 1. The fourth-order valence-electron chi connectivity index (χ4n) is 2.04. The molecule has 0 saturated carbocycles. The summed E-state index contributed by atoms with van der Waals surface area (Å²) in [6, 6.07) is 13.3. The van der Waals surface area contributed by atoms with E-state index < -0.39 is 0 Å². The molecule has 0 aliphatic rings. The van der Waals surface area contributed by atoms with Crippen LogP contribution in [0.3, 0.4) is 0 Å². The number of ether oxygens (including phenoxy) is 2. The lowest BCUT2D eigenvalue weighted by Crippen LogP contribution is -2.03. The molecule has 0 aromatic heterocycles. The van der Waals surface area contributed by atoms with Gasteiger partial charge in [-0.25, -0.2) is 4.79 Å². The van der Waals surface area contributed by atoms with Crippen molar-refractivity contribution < 1.29 is 14.3 Å². The fraction of sp³-hybridized carbons (Fsp3) is 0.235. The van der Waals surface area contributed by atoms with Crippen molar-refractivity contribution in [2.24, 2.45) is 0 Å². The molecule has 0 saturated heterocycles. The van der Waals surface area contributed by atoms with Crippen molar-refractivity contribution in [1.29, 1.82) is 0 Å². The second-order valence-corrected chi connectivity index (χ2v) is 4.72. The van der Waals surface area contributed by atoms with Crippen molar-refractivity contribution in [3.8, 4) is 5.75 Å². The zero-order chi connectivity index (χ0) is 15.2. The van der Waals surface area contributed by atoms with Gasteiger partial charge in [0, 0.05) is 12.2 Å². The molecule has 0 radical (unpaired) electrons. The Kier molecular flexibility index (Phi) is 4.82. The summed E-state index contributed by atoms with van der Waals surface area (Å²) >= 11 is 0. The van der Waals surface area contributed by atoms with Gasteiger partial charge in [0.2, 0.25) is 0 Å². The molecular weight excluding hydrogens is 266 g/mol. The molecule has 0 bridgehead atoms. The molecule has 0 heterocycles. The molecular formula is C17H19NO3. The van der Waals surface area contributed by atoms with E-state index >= 15 is 0 Å². The largest absolute Gasteiger partial charge is 0.497 e. The quantitative estimate of drug-likeness (QED) is 0.855. The number of methoxy groups -OCH3 is 2. The lowest BCUT2D eigenvalue weighted by atomic mass is 10.1. The van der Waals surface area contributed by atoms with Crippen LogP contribution < -0.4 is 10.1 Å². The summed E-state index contributed by atoms with van der Waals surface area (Å²) in [5.41, 5.74) is 3.84. The maximum atomic E-state index is 11.4. The smallest absolute Gasteiger partial charge is 0.337 e. The number of carbonyl (C=O) groups is 1. The Balaban J connectivity index is 2.01. The molecule has 4 heteroatoms. The first kappa shape index (κ1) is 14.9. The van der Waals surface area contributed by atoms with Crippen molar-refractivity contribution in [3.63, 3.8) is 0 Å². The van der Waals surface area contributed by atoms with E-state index in [9.17, 15) is 4.79 Å². The van der Waals surface area contributed by atoms with Crippen LogP contribution in [0.1, 0.15) is 21.5 Å². The van der Waals surface area contributed by atoms with Gasteiger partial charge in [-0.15, -0.1) is 0 Å². The fourth-order valence-corrected chi connectivity index (χ4v) is 2.04. The maximum absolute atomic E-state index is 11.4. The third-order valence-electron chi connectivity index (χ3n) is 3.29. The average molecular weight is 285 g/mol. The minimum Gasteiger partial charge on any atom is -0.497 e. The van der Waals surface area contributed by atoms with E-state index in [1.807, 2.05) is 37.3 Å². The van der Waals surface area contributed by atoms with Gasteiger partial charge in [-0.2, -0.15) is 0 Å². The highest BCUT2D eigenvalue weighted by Crippen LogP contribution is 2.21. The highest BCUT2D eigenvalue weighted by molar-refractivity contribution is 5.89. The summed E-state index contributed by atoms with van der Waals surface area (Å²) in [6.07, 6.45) is 0. The maximum Gasteiger partial charge on any atom is 0.337 e. The summed E-state index contributed by atoms with van der Waals surface area (Å²) < 4.78 is 9.86. The third kappa shape index (κ3) is 3.75. The number of hydrogen-bond acceptors (Lipinski definition) is 4. The summed E-state index contributed by atoms with van der Waals surface area (Å²) in [5, 5.41) is 3.37. The second kappa shape index (κ2) is 6.79. The van der Waals surface area contributed by atoms with Crippen LogP contribution >= 0.6 is 0 Å². The molecule has 110 valence electrons. The second-order valence-electron chi connectivity index (χ2n) is 4.72. The van der Waals surface area contributed by atoms with Crippen LogP contribution in [0.4, 0.5) is 5.69 Å². The van der Waals surface area contributed by atoms with E-state index in [1.165, 1.54) is 7.11 Å². The molecule has 0 spiro atoms. The molecule has 2 aromatic rings. The molecule has 0 amide bonds. The number of nitrogens with one attached hydrogen (secondary N) is 1. The van der Waals surface area contributed by atoms with Gasteiger partial charge < -0.3 is 14.8 Å². The Morgan fingerprint density at radius 3 is 2.38 bits per heavy atom. The van der Waals surface area contributed by atoms with E-state index in [4.69, 9.17) is 4.74 Å². The van der Waals surface area contributed by atoms with Crippen LogP contribution in [0.2, 0.25) is 0 Å². The van der Waals surface area contributed by atoms with Crippen molar-refractivity contribution in [2.45, 2.75) is 13.5 Å². The van der Waals surface area contributed by atoms with Gasteiger partial charge in [0.15, 0.2) is 0 Å². The summed E-state index contributed by atoms with van der Waals surface area (Å²) in [5.74, 6) is 0.529. The van der Waals surface area contributed by atoms with Gasteiger partial charge >= 0.3 is 5.97 Å². The molecule has 21 heavy (non-hydrogen) atoms. The first-order valence-electron chi connectivity index (χ1n) is 6.70. The molecule has 0 unspecified atom stereocenters. The van der Waals surface area contributed by atoms with E-state index in [0.29, 0.717) is 12.1 Å². The van der Waals surface area contributed by atoms with Crippen LogP contribution in [0.15, 0.2) is 42.5 Å². The normalized spacial score (nSPS) is 10.0. The van der Waals surface area contributed by atoms with E-state index in [-0.39, 0.29) is 5.97 Å². The minimum absolute atomic E-state index is 0.319. The molecule has 0 aliphatic heterocycles. The predicted octanol–water partition coefficient (Wildman–Crippen LogP) is 3.40. The van der Waals surface area contributed by atoms with Crippen LogP contribution in [0.25, 0.3) is 0 Å². The van der Waals surface area contributed by atoms with Gasteiger partial charge in [-0.05, 0) is 48.4 Å². The topological polar surface area (TPSA) is 47.6 Å². The molecule has 4 nitrogen and oxygen atoms in total. The number of carbonyl (C=O) groups excluding carboxylic acids is 1. The lowest BCUT2D eigenvalue weighted by Gasteiger charge is -2.11. The third-order valence-corrected chi connectivity index (χ3v) is 3.29. The van der Waals surface area contributed by atoms with Crippen LogP contribution in [-0.2, 0) is 11.3 Å². The van der Waals surface area contributed by atoms with Gasteiger partial charge in [-0.3, -0.25) is 0 Å². The number of aryl methyl sites for hydroxylation is 1. The number of benzene rings is 2. The number of anilines is 1. The SMILES string of the molecule is COC(=O)c1ccc(CNc2ccc(OC)cc2C)cc1. The summed E-state index contributed by atoms with van der Waals surface area (Å²) in [4.78, 5) is 11.4. The highest BCUT2D eigenvalue weighted by Gasteiger charge is 2.05. The molecule has 2 rings (SSSR count). The minimum atomic E-state index is -0.319. The number of esters is 1. The Morgan fingerprint density at radius 1 is 1.10 bits per heavy atom. The zero-order valence-electron chi connectivity index (χ0n) is 12.5. The molecule has 0 fully saturated rings. The van der Waals surface area contributed by atoms with E-state index in [2.05, 4.69) is 10.1 Å². The Hall–Kier alpha value is -2.49. The Bertz CT molecular complexity index is 620. The predicted molar refractivity (Wildman–Crippen MR) is 82.8 cm³/mol. The summed E-state index contributed by atoms with van der Waals surface area (Å²) in [6.45, 7) is 2.72. The Morgan fingerprint density at radius 2 is 1.81 bits per heavy atom. The number of rotatable bonds is 5. The van der Waals surface area contributed by atoms with Crippen molar-refractivity contribution in [3.05, 3.63) is 59.2 Å². The lowest BCUT2D eigenvalue weighted by molar-refractivity contribution is 0.0600. The average Bonchev–Trinajstić information content (AvgIpc) is 2.53. The standard InChI is InChI=1S/C17H19NO3/c1-12-10-15(20-2)8-9-16(12)18-11-13-4-6-14(7-5-13)17(19)21-3/h4-10,18H,11H2,1-3H3.